The summed E-state index contributed by atoms with van der Waals surface area (Å²) in [5.41, 5.74) is 0.311. The largest absolute Gasteiger partial charge is 0.374 e. The third kappa shape index (κ3) is 3.55. The lowest BCUT2D eigenvalue weighted by Gasteiger charge is -2.38. The first kappa shape index (κ1) is 14.0. The molecule has 1 aliphatic rings. The van der Waals surface area contributed by atoms with Crippen LogP contribution in [0.5, 0.6) is 0 Å². The summed E-state index contributed by atoms with van der Waals surface area (Å²) in [4.78, 5) is 12.1. The van der Waals surface area contributed by atoms with Gasteiger partial charge >= 0.3 is 0 Å². The molecule has 19 heavy (non-hydrogen) atoms. The molecule has 9 heteroatoms. The van der Waals surface area contributed by atoms with Crippen molar-refractivity contribution in [2.24, 2.45) is 0 Å². The Morgan fingerprint density at radius 2 is 2.16 bits per heavy atom. The van der Waals surface area contributed by atoms with E-state index in [4.69, 9.17) is 11.6 Å². The summed E-state index contributed by atoms with van der Waals surface area (Å²) in [7, 11) is -2.42. The minimum absolute atomic E-state index is 0.00910. The van der Waals surface area contributed by atoms with E-state index in [1.807, 2.05) is 0 Å². The number of nitro benzene ring substituents is 1. The van der Waals surface area contributed by atoms with Crippen molar-refractivity contribution in [1.29, 1.82) is 0 Å². The second kappa shape index (κ2) is 5.72. The maximum absolute atomic E-state index is 10.9. The maximum Gasteiger partial charge on any atom is 0.293 e. The summed E-state index contributed by atoms with van der Waals surface area (Å²) in [6.45, 7) is 1.09. The number of hydrogen-bond acceptors (Lipinski definition) is 6. The van der Waals surface area contributed by atoms with Gasteiger partial charge in [0.1, 0.15) is 5.69 Å². The Balaban J connectivity index is 1.99. The molecule has 2 rings (SSSR count). The van der Waals surface area contributed by atoms with Crippen LogP contribution in [-0.2, 0) is 10.7 Å². The van der Waals surface area contributed by atoms with E-state index in [9.17, 15) is 18.5 Å². The zero-order chi connectivity index (χ0) is 14.0. The van der Waals surface area contributed by atoms with E-state index >= 15 is 0 Å². The smallest absolute Gasteiger partial charge is 0.293 e. The first-order valence-electron chi connectivity index (χ1n) is 5.50. The van der Waals surface area contributed by atoms with Crippen molar-refractivity contribution in [1.82, 2.24) is 4.90 Å². The number of anilines is 1. The van der Waals surface area contributed by atoms with Gasteiger partial charge in [-0.1, -0.05) is 11.6 Å². The first-order chi connectivity index (χ1) is 8.95. The number of thiol groups is 1. The molecule has 1 N–H and O–H groups in total. The minimum Gasteiger partial charge on any atom is -0.374 e. The summed E-state index contributed by atoms with van der Waals surface area (Å²) in [5.74, 6) is 0.0240. The molecule has 0 bridgehead atoms. The molecule has 1 fully saturated rings. The SMILES string of the molecule is O=[N+]([O-])c1cc(Cl)ccc1NC1CN(C[SH](=O)=O)C1. The van der Waals surface area contributed by atoms with Gasteiger partial charge in [-0.3, -0.25) is 15.0 Å². The van der Waals surface area contributed by atoms with Gasteiger partial charge in [-0.2, -0.15) is 0 Å². The molecule has 1 aromatic carbocycles. The predicted molar refractivity (Wildman–Crippen MR) is 72.3 cm³/mol. The Morgan fingerprint density at radius 1 is 1.47 bits per heavy atom. The van der Waals surface area contributed by atoms with Gasteiger partial charge in [0.2, 0.25) is 0 Å². The van der Waals surface area contributed by atoms with Crippen molar-refractivity contribution in [2.45, 2.75) is 6.04 Å². The van der Waals surface area contributed by atoms with Gasteiger partial charge in [-0.15, -0.1) is 0 Å². The van der Waals surface area contributed by atoms with Gasteiger partial charge < -0.3 is 5.32 Å². The molecule has 1 heterocycles. The zero-order valence-corrected chi connectivity index (χ0v) is 11.4. The van der Waals surface area contributed by atoms with Crippen LogP contribution >= 0.6 is 11.6 Å². The van der Waals surface area contributed by atoms with Gasteiger partial charge in [-0.25, -0.2) is 8.42 Å². The fourth-order valence-electron chi connectivity index (χ4n) is 1.94. The van der Waals surface area contributed by atoms with Crippen LogP contribution in [0.15, 0.2) is 18.2 Å². The molecule has 7 nitrogen and oxygen atoms in total. The molecular weight excluding hydrogens is 294 g/mol. The highest BCUT2D eigenvalue weighted by atomic mass is 35.5. The van der Waals surface area contributed by atoms with Crippen LogP contribution in [-0.4, -0.2) is 43.2 Å². The maximum atomic E-state index is 10.9. The number of likely N-dealkylation sites (tertiary alicyclic amines) is 1. The standard InChI is InChI=1S/C10H12ClN3O4S/c11-7-1-2-9(10(3-7)14(15)16)12-8-4-13(5-8)6-19(17)18/h1-3,8,12,19H,4-6H2. The third-order valence-corrected chi connectivity index (χ3v) is 3.65. The van der Waals surface area contributed by atoms with Crippen LogP contribution in [0.4, 0.5) is 11.4 Å². The third-order valence-electron chi connectivity index (χ3n) is 2.79. The normalized spacial score (nSPS) is 16.3. The van der Waals surface area contributed by atoms with Crippen molar-refractivity contribution >= 4 is 33.7 Å². The number of benzene rings is 1. The van der Waals surface area contributed by atoms with Gasteiger partial charge in [-0.05, 0) is 12.1 Å². The summed E-state index contributed by atoms with van der Waals surface area (Å²) < 4.78 is 21.0. The number of hydrogen-bond donors (Lipinski definition) is 2. The molecule has 0 saturated carbocycles. The molecule has 0 aliphatic carbocycles. The van der Waals surface area contributed by atoms with Crippen molar-refractivity contribution in [3.05, 3.63) is 33.3 Å². The Labute approximate surface area is 116 Å². The fourth-order valence-corrected chi connectivity index (χ4v) is 2.66. The molecule has 0 amide bonds. The lowest BCUT2D eigenvalue weighted by molar-refractivity contribution is -0.384. The number of halogens is 1. The number of nitro groups is 1. The molecule has 0 aromatic heterocycles. The predicted octanol–water partition coefficient (Wildman–Crippen LogP) is 0.913. The van der Waals surface area contributed by atoms with E-state index in [1.54, 1.807) is 17.0 Å². The highest BCUT2D eigenvalue weighted by Crippen LogP contribution is 2.29. The first-order valence-corrected chi connectivity index (χ1v) is 7.24. The minimum atomic E-state index is -2.42. The Kier molecular flexibility index (Phi) is 4.23. The molecule has 104 valence electrons. The van der Waals surface area contributed by atoms with Crippen molar-refractivity contribution < 1.29 is 13.3 Å². The van der Waals surface area contributed by atoms with Crippen LogP contribution < -0.4 is 5.32 Å². The lowest BCUT2D eigenvalue weighted by Crippen LogP contribution is -2.55. The highest BCUT2D eigenvalue weighted by Gasteiger charge is 2.28. The molecular formula is C10H12ClN3O4S. The molecule has 1 aliphatic heterocycles. The molecule has 0 unspecified atom stereocenters. The summed E-state index contributed by atoms with van der Waals surface area (Å²) >= 11 is 5.72. The van der Waals surface area contributed by atoms with E-state index in [1.165, 1.54) is 6.07 Å². The molecule has 0 spiro atoms. The van der Waals surface area contributed by atoms with E-state index in [0.717, 1.165) is 0 Å². The van der Waals surface area contributed by atoms with E-state index in [2.05, 4.69) is 5.32 Å². The lowest BCUT2D eigenvalue weighted by atomic mass is 10.1. The van der Waals surface area contributed by atoms with Gasteiger partial charge in [0, 0.05) is 24.2 Å². The number of nitrogens with one attached hydrogen (secondary N) is 1. The van der Waals surface area contributed by atoms with Crippen LogP contribution in [0.1, 0.15) is 0 Å². The Morgan fingerprint density at radius 3 is 2.74 bits per heavy atom. The van der Waals surface area contributed by atoms with E-state index < -0.39 is 15.6 Å². The van der Waals surface area contributed by atoms with Crippen LogP contribution in [0, 0.1) is 10.1 Å². The molecule has 0 atom stereocenters. The van der Waals surface area contributed by atoms with Crippen LogP contribution in [0.2, 0.25) is 5.02 Å². The number of nitrogens with zero attached hydrogens (tertiary/aromatic N) is 2. The van der Waals surface area contributed by atoms with Crippen molar-refractivity contribution in [3.8, 4) is 0 Å². The van der Waals surface area contributed by atoms with Gasteiger partial charge in [0.05, 0.1) is 16.8 Å². The monoisotopic (exact) mass is 305 g/mol. The van der Waals surface area contributed by atoms with E-state index in [-0.39, 0.29) is 17.6 Å². The quantitative estimate of drug-likeness (QED) is 0.477. The molecule has 1 aromatic rings. The molecule has 0 radical (unpaired) electrons. The van der Waals surface area contributed by atoms with Gasteiger partial charge in [0.15, 0.2) is 10.7 Å². The van der Waals surface area contributed by atoms with E-state index in [0.29, 0.717) is 23.8 Å². The fraction of sp³-hybridized carbons (Fsp3) is 0.400. The number of rotatable bonds is 5. The van der Waals surface area contributed by atoms with Crippen LogP contribution in [0.3, 0.4) is 0 Å². The second-order valence-corrected chi connectivity index (χ2v) is 5.65. The van der Waals surface area contributed by atoms with Crippen molar-refractivity contribution in [3.63, 3.8) is 0 Å². The van der Waals surface area contributed by atoms with Crippen molar-refractivity contribution in [2.75, 3.05) is 24.3 Å². The summed E-state index contributed by atoms with van der Waals surface area (Å²) in [6.07, 6.45) is 0. The zero-order valence-electron chi connectivity index (χ0n) is 9.78. The summed E-state index contributed by atoms with van der Waals surface area (Å²) in [6, 6.07) is 4.42. The second-order valence-electron chi connectivity index (χ2n) is 4.27. The van der Waals surface area contributed by atoms with Gasteiger partial charge in [0.25, 0.3) is 5.69 Å². The Bertz CT molecular complexity index is 564. The average Bonchev–Trinajstić information content (AvgIpc) is 2.27. The van der Waals surface area contributed by atoms with Crippen LogP contribution in [0.25, 0.3) is 0 Å². The Hall–Kier alpha value is -1.38. The highest BCUT2D eigenvalue weighted by molar-refractivity contribution is 7.72. The molecule has 1 saturated heterocycles. The summed E-state index contributed by atoms with van der Waals surface area (Å²) in [5, 5.41) is 14.2. The average molecular weight is 306 g/mol. The topological polar surface area (TPSA) is 92.6 Å².